The molecule has 7 heteroatoms. The van der Waals surface area contributed by atoms with Crippen LogP contribution in [0.25, 0.3) is 11.1 Å². The van der Waals surface area contributed by atoms with Gasteiger partial charge in [0, 0.05) is 11.1 Å². The molecule has 1 aromatic carbocycles. The molecule has 0 aliphatic carbocycles. The third-order valence-electron chi connectivity index (χ3n) is 3.86. The first kappa shape index (κ1) is 19.5. The molecular formula is C18H23NO4S2. The van der Waals surface area contributed by atoms with Crippen LogP contribution >= 0.6 is 11.3 Å². The lowest BCUT2D eigenvalue weighted by Crippen LogP contribution is -2.40. The van der Waals surface area contributed by atoms with Gasteiger partial charge in [-0.1, -0.05) is 6.07 Å². The van der Waals surface area contributed by atoms with Crippen LogP contribution in [0.2, 0.25) is 0 Å². The predicted octanol–water partition coefficient (Wildman–Crippen LogP) is 3.95. The number of hydrogen-bond donors (Lipinski definition) is 1. The minimum atomic E-state index is -2.76. The number of thiol groups is 1. The van der Waals surface area contributed by atoms with Crippen molar-refractivity contribution in [3.05, 3.63) is 39.6 Å². The Kier molecular flexibility index (Phi) is 5.58. The second-order valence-electron chi connectivity index (χ2n) is 6.84. The summed E-state index contributed by atoms with van der Waals surface area (Å²) in [5.74, 6) is -0.367. The molecule has 2 rings (SSSR count). The lowest BCUT2D eigenvalue weighted by molar-refractivity contribution is 0.0607. The monoisotopic (exact) mass is 381 g/mol. The van der Waals surface area contributed by atoms with E-state index in [9.17, 15) is 13.2 Å². The molecule has 0 N–H and O–H groups in total. The molecule has 1 aromatic heterocycles. The number of methoxy groups -OCH3 is 1. The van der Waals surface area contributed by atoms with Crippen molar-refractivity contribution in [1.82, 2.24) is 0 Å². The van der Waals surface area contributed by atoms with Crippen LogP contribution in [0.3, 0.4) is 0 Å². The van der Waals surface area contributed by atoms with E-state index in [2.05, 4.69) is 0 Å². The van der Waals surface area contributed by atoms with Crippen molar-refractivity contribution in [2.24, 2.45) is 0 Å². The quantitative estimate of drug-likeness (QED) is 0.643. The van der Waals surface area contributed by atoms with Gasteiger partial charge in [-0.25, -0.2) is 13.2 Å². The molecule has 2 aromatic rings. The standard InChI is InChI=1S/C18H23NO4S2/c1-11-9-13(15-12(2)10-24-16(15)17(20)23-6)7-8-14(11)19(25(21)22)18(3,4)5/h7-10,25H,1-6H3. The van der Waals surface area contributed by atoms with Gasteiger partial charge in [0.1, 0.15) is 4.88 Å². The molecule has 0 aliphatic rings. The fourth-order valence-corrected chi connectivity index (χ4v) is 4.67. The van der Waals surface area contributed by atoms with E-state index in [4.69, 9.17) is 4.74 Å². The number of thiophene rings is 1. The first-order chi connectivity index (χ1) is 11.6. The number of ether oxygens (including phenoxy) is 1. The molecule has 0 saturated heterocycles. The molecule has 5 nitrogen and oxygen atoms in total. The van der Waals surface area contributed by atoms with Gasteiger partial charge in [0.05, 0.1) is 12.8 Å². The van der Waals surface area contributed by atoms with Crippen LogP contribution in [0.4, 0.5) is 5.69 Å². The minimum Gasteiger partial charge on any atom is -0.465 e. The highest BCUT2D eigenvalue weighted by atomic mass is 32.2. The van der Waals surface area contributed by atoms with E-state index in [1.807, 2.05) is 52.1 Å². The molecule has 0 bridgehead atoms. The van der Waals surface area contributed by atoms with E-state index < -0.39 is 16.4 Å². The fourth-order valence-electron chi connectivity index (χ4n) is 2.79. The molecule has 0 unspecified atom stereocenters. The largest absolute Gasteiger partial charge is 0.465 e. The number of aryl methyl sites for hydroxylation is 2. The van der Waals surface area contributed by atoms with Crippen LogP contribution in [0.5, 0.6) is 0 Å². The lowest BCUT2D eigenvalue weighted by atomic mass is 9.98. The minimum absolute atomic E-state index is 0.367. The topological polar surface area (TPSA) is 63.7 Å². The van der Waals surface area contributed by atoms with E-state index in [0.29, 0.717) is 10.6 Å². The van der Waals surface area contributed by atoms with Gasteiger partial charge in [-0.05, 0) is 68.8 Å². The van der Waals surface area contributed by atoms with E-state index >= 15 is 0 Å². The van der Waals surface area contributed by atoms with Gasteiger partial charge >= 0.3 is 5.97 Å². The molecule has 0 fully saturated rings. The van der Waals surface area contributed by atoms with E-state index in [1.54, 1.807) is 6.07 Å². The van der Waals surface area contributed by atoms with Gasteiger partial charge in [-0.2, -0.15) is 0 Å². The highest BCUT2D eigenvalue weighted by Crippen LogP contribution is 2.36. The summed E-state index contributed by atoms with van der Waals surface area (Å²) in [6.45, 7) is 9.37. The van der Waals surface area contributed by atoms with Crippen molar-refractivity contribution >= 4 is 33.9 Å². The normalized spacial score (nSPS) is 11.6. The summed E-state index contributed by atoms with van der Waals surface area (Å²) in [4.78, 5) is 12.6. The first-order valence-corrected chi connectivity index (χ1v) is 9.81. The Balaban J connectivity index is 2.58. The number of rotatable bonds is 4. The van der Waals surface area contributed by atoms with Crippen LogP contribution in [0.15, 0.2) is 23.6 Å². The summed E-state index contributed by atoms with van der Waals surface area (Å²) < 4.78 is 29.8. The van der Waals surface area contributed by atoms with Crippen LogP contribution in [-0.2, 0) is 15.6 Å². The van der Waals surface area contributed by atoms with Crippen molar-refractivity contribution in [2.45, 2.75) is 40.2 Å². The van der Waals surface area contributed by atoms with E-state index in [-0.39, 0.29) is 5.97 Å². The summed E-state index contributed by atoms with van der Waals surface area (Å²) in [6, 6.07) is 5.55. The highest BCUT2D eigenvalue weighted by molar-refractivity contribution is 7.74. The maximum Gasteiger partial charge on any atom is 0.348 e. The van der Waals surface area contributed by atoms with E-state index in [1.165, 1.54) is 22.8 Å². The number of esters is 1. The van der Waals surface area contributed by atoms with E-state index in [0.717, 1.165) is 22.3 Å². The van der Waals surface area contributed by atoms with Gasteiger partial charge in [0.25, 0.3) is 0 Å². The molecule has 0 amide bonds. The number of carbonyl (C=O) groups excluding carboxylic acids is 1. The zero-order valence-corrected chi connectivity index (χ0v) is 17.0. The second kappa shape index (κ2) is 7.17. The van der Waals surface area contributed by atoms with Gasteiger partial charge in [0.2, 0.25) is 10.9 Å². The van der Waals surface area contributed by atoms with Crippen LogP contribution in [0, 0.1) is 13.8 Å². The van der Waals surface area contributed by atoms with Gasteiger partial charge in [0.15, 0.2) is 0 Å². The molecule has 0 spiro atoms. The summed E-state index contributed by atoms with van der Waals surface area (Å²) in [6.07, 6.45) is 0. The maximum absolute atomic E-state index is 12.0. The summed E-state index contributed by atoms with van der Waals surface area (Å²) >= 11 is 1.35. The smallest absolute Gasteiger partial charge is 0.348 e. The zero-order chi connectivity index (χ0) is 18.9. The number of benzene rings is 1. The summed E-state index contributed by atoms with van der Waals surface area (Å²) in [5.41, 5.74) is 3.60. The molecule has 0 aliphatic heterocycles. The van der Waals surface area contributed by atoms with Crippen molar-refractivity contribution in [1.29, 1.82) is 0 Å². The Bertz CT molecular complexity index is 868. The first-order valence-electron chi connectivity index (χ1n) is 7.80. The van der Waals surface area contributed by atoms with Gasteiger partial charge in [-0.15, -0.1) is 11.3 Å². The molecule has 25 heavy (non-hydrogen) atoms. The maximum atomic E-state index is 12.0. The van der Waals surface area contributed by atoms with Crippen molar-refractivity contribution in [3.63, 3.8) is 0 Å². The molecule has 1 heterocycles. The number of hydrogen-bond acceptors (Lipinski definition) is 5. The third-order valence-corrected chi connectivity index (χ3v) is 6.08. The van der Waals surface area contributed by atoms with Crippen molar-refractivity contribution in [2.75, 3.05) is 11.4 Å². The Morgan fingerprint density at radius 3 is 2.28 bits per heavy atom. The number of anilines is 1. The Hall–Kier alpha value is -1.86. The molecule has 136 valence electrons. The van der Waals surface area contributed by atoms with Crippen molar-refractivity contribution in [3.8, 4) is 11.1 Å². The molecular weight excluding hydrogens is 358 g/mol. The SMILES string of the molecule is COC(=O)c1scc(C)c1-c1ccc(N([SH](=O)=O)C(C)(C)C)c(C)c1. The molecule has 0 saturated carbocycles. The lowest BCUT2D eigenvalue weighted by Gasteiger charge is -2.33. The number of nitrogens with zero attached hydrogens (tertiary/aromatic N) is 1. The molecule has 0 radical (unpaired) electrons. The fraction of sp³-hybridized carbons (Fsp3) is 0.389. The average Bonchev–Trinajstić information content (AvgIpc) is 2.88. The number of carbonyl (C=O) groups is 1. The zero-order valence-electron chi connectivity index (χ0n) is 15.2. The summed E-state index contributed by atoms with van der Waals surface area (Å²) in [7, 11) is -1.40. The van der Waals surface area contributed by atoms with Gasteiger partial charge < -0.3 is 4.74 Å². The Labute approximate surface area is 154 Å². The van der Waals surface area contributed by atoms with Crippen LogP contribution in [-0.4, -0.2) is 27.0 Å². The summed E-state index contributed by atoms with van der Waals surface area (Å²) in [5, 5.41) is 1.92. The predicted molar refractivity (Wildman–Crippen MR) is 103 cm³/mol. The average molecular weight is 382 g/mol. The molecule has 0 atom stereocenters. The van der Waals surface area contributed by atoms with Crippen LogP contribution in [0.1, 0.15) is 41.6 Å². The third kappa shape index (κ3) is 3.88. The Morgan fingerprint density at radius 2 is 1.80 bits per heavy atom. The Morgan fingerprint density at radius 1 is 1.16 bits per heavy atom. The second-order valence-corrected chi connectivity index (χ2v) is 8.59. The van der Waals surface area contributed by atoms with Gasteiger partial charge in [-0.3, -0.25) is 4.31 Å². The van der Waals surface area contributed by atoms with Crippen LogP contribution < -0.4 is 4.31 Å². The highest BCUT2D eigenvalue weighted by Gasteiger charge is 2.26. The van der Waals surface area contributed by atoms with Crippen molar-refractivity contribution < 1.29 is 17.9 Å².